The molecule has 2 rings (SSSR count). The summed E-state index contributed by atoms with van der Waals surface area (Å²) in [5.41, 5.74) is -0.834. The monoisotopic (exact) mass is 224 g/mol. The van der Waals surface area contributed by atoms with Crippen LogP contribution in [0.3, 0.4) is 0 Å². The van der Waals surface area contributed by atoms with Crippen molar-refractivity contribution in [2.24, 2.45) is 0 Å². The molecule has 1 heterocycles. The third kappa shape index (κ3) is 1.60. The van der Waals surface area contributed by atoms with Crippen molar-refractivity contribution in [2.45, 2.75) is 44.4 Å². The van der Waals surface area contributed by atoms with Gasteiger partial charge in [-0.2, -0.15) is 4.98 Å². The van der Waals surface area contributed by atoms with E-state index < -0.39 is 5.41 Å². The van der Waals surface area contributed by atoms with E-state index in [9.17, 15) is 4.79 Å². The highest BCUT2D eigenvalue weighted by molar-refractivity contribution is 5.85. The lowest BCUT2D eigenvalue weighted by Gasteiger charge is -2.11. The molecule has 1 fully saturated rings. The van der Waals surface area contributed by atoms with Gasteiger partial charge in [0, 0.05) is 5.41 Å². The number of carbonyl (C=O) groups is 1. The molecule has 0 unspecified atom stereocenters. The Hall–Kier alpha value is -1.39. The van der Waals surface area contributed by atoms with Gasteiger partial charge in [0.05, 0.1) is 7.11 Å². The highest BCUT2D eigenvalue weighted by Gasteiger charge is 2.57. The maximum atomic E-state index is 11.6. The first kappa shape index (κ1) is 11.1. The zero-order valence-corrected chi connectivity index (χ0v) is 10.0. The highest BCUT2D eigenvalue weighted by atomic mass is 16.5. The van der Waals surface area contributed by atoms with Crippen LogP contribution in [0.2, 0.25) is 0 Å². The van der Waals surface area contributed by atoms with E-state index in [1.807, 2.05) is 20.8 Å². The number of ether oxygens (including phenoxy) is 1. The standard InChI is InChI=1S/C11H16N2O3/c1-10(2,3)7-12-8(16-13-7)11(5-6-11)9(14)15-4/h5-6H2,1-4H3. The van der Waals surface area contributed by atoms with Gasteiger partial charge in [-0.3, -0.25) is 4.79 Å². The van der Waals surface area contributed by atoms with Crippen molar-refractivity contribution in [3.63, 3.8) is 0 Å². The second-order valence-corrected chi connectivity index (χ2v) is 5.25. The van der Waals surface area contributed by atoms with Crippen molar-refractivity contribution in [1.29, 1.82) is 0 Å². The molecule has 1 saturated carbocycles. The summed E-state index contributed by atoms with van der Waals surface area (Å²) in [6, 6.07) is 0. The van der Waals surface area contributed by atoms with E-state index in [-0.39, 0.29) is 11.4 Å². The summed E-state index contributed by atoms with van der Waals surface area (Å²) in [4.78, 5) is 15.9. The zero-order valence-electron chi connectivity index (χ0n) is 10.0. The van der Waals surface area contributed by atoms with Gasteiger partial charge in [0.2, 0.25) is 5.89 Å². The fraction of sp³-hybridized carbons (Fsp3) is 0.727. The van der Waals surface area contributed by atoms with Crippen molar-refractivity contribution >= 4 is 5.97 Å². The van der Waals surface area contributed by atoms with Crippen LogP contribution in [-0.4, -0.2) is 23.2 Å². The molecule has 0 bridgehead atoms. The lowest BCUT2D eigenvalue weighted by Crippen LogP contribution is -2.22. The second kappa shape index (κ2) is 3.30. The average molecular weight is 224 g/mol. The molecule has 0 amide bonds. The van der Waals surface area contributed by atoms with Crippen LogP contribution in [0.4, 0.5) is 0 Å². The molecule has 0 aliphatic heterocycles. The van der Waals surface area contributed by atoms with Gasteiger partial charge in [-0.05, 0) is 12.8 Å². The Morgan fingerprint density at radius 2 is 2.06 bits per heavy atom. The van der Waals surface area contributed by atoms with Crippen LogP contribution in [0.1, 0.15) is 45.3 Å². The number of hydrogen-bond donors (Lipinski definition) is 0. The second-order valence-electron chi connectivity index (χ2n) is 5.25. The molecule has 0 N–H and O–H groups in total. The molecule has 0 radical (unpaired) electrons. The number of hydrogen-bond acceptors (Lipinski definition) is 5. The van der Waals surface area contributed by atoms with Crippen molar-refractivity contribution in [2.75, 3.05) is 7.11 Å². The van der Waals surface area contributed by atoms with Crippen LogP contribution in [0.15, 0.2) is 4.52 Å². The van der Waals surface area contributed by atoms with Crippen molar-refractivity contribution in [1.82, 2.24) is 10.1 Å². The van der Waals surface area contributed by atoms with Crippen molar-refractivity contribution in [3.05, 3.63) is 11.7 Å². The molecule has 0 spiro atoms. The summed E-state index contributed by atoms with van der Waals surface area (Å²) in [6.07, 6.45) is 1.46. The first-order valence-corrected chi connectivity index (χ1v) is 5.33. The minimum Gasteiger partial charge on any atom is -0.468 e. The summed E-state index contributed by atoms with van der Waals surface area (Å²) in [7, 11) is 1.38. The Kier molecular flexibility index (Phi) is 2.29. The van der Waals surface area contributed by atoms with Crippen LogP contribution < -0.4 is 0 Å². The maximum Gasteiger partial charge on any atom is 0.321 e. The molecule has 0 atom stereocenters. The van der Waals surface area contributed by atoms with E-state index >= 15 is 0 Å². The number of methoxy groups -OCH3 is 1. The third-order valence-corrected chi connectivity index (χ3v) is 2.83. The zero-order chi connectivity index (χ0) is 12.0. The van der Waals surface area contributed by atoms with Crippen LogP contribution >= 0.6 is 0 Å². The van der Waals surface area contributed by atoms with Crippen LogP contribution in [0.25, 0.3) is 0 Å². The van der Waals surface area contributed by atoms with Crippen molar-refractivity contribution in [3.8, 4) is 0 Å². The number of carbonyl (C=O) groups excluding carboxylic acids is 1. The molecule has 5 heteroatoms. The minimum atomic E-state index is -0.661. The van der Waals surface area contributed by atoms with Crippen molar-refractivity contribution < 1.29 is 14.1 Å². The molecule has 88 valence electrons. The normalized spacial score (nSPS) is 18.2. The van der Waals surface area contributed by atoms with E-state index in [4.69, 9.17) is 9.26 Å². The largest absolute Gasteiger partial charge is 0.468 e. The lowest BCUT2D eigenvalue weighted by atomic mass is 9.96. The van der Waals surface area contributed by atoms with Crippen LogP contribution in [0, 0.1) is 0 Å². The highest BCUT2D eigenvalue weighted by Crippen LogP contribution is 2.48. The Labute approximate surface area is 94.2 Å². The fourth-order valence-electron chi connectivity index (χ4n) is 1.55. The van der Waals surface area contributed by atoms with Crippen LogP contribution in [0.5, 0.6) is 0 Å². The summed E-state index contributed by atoms with van der Waals surface area (Å²) < 4.78 is 9.94. The van der Waals surface area contributed by atoms with Gasteiger partial charge < -0.3 is 9.26 Å². The number of rotatable bonds is 2. The summed E-state index contributed by atoms with van der Waals surface area (Å²) in [6.45, 7) is 6.00. The molecular weight excluding hydrogens is 208 g/mol. The average Bonchev–Trinajstić information content (AvgIpc) is 2.85. The molecule has 1 aliphatic rings. The summed E-state index contributed by atoms with van der Waals surface area (Å²) >= 11 is 0. The minimum absolute atomic E-state index is 0.173. The number of esters is 1. The van der Waals surface area contributed by atoms with Gasteiger partial charge in [-0.25, -0.2) is 0 Å². The Morgan fingerprint density at radius 3 is 2.44 bits per heavy atom. The molecular formula is C11H16N2O3. The molecule has 16 heavy (non-hydrogen) atoms. The molecule has 1 aliphatic carbocycles. The Balaban J connectivity index is 2.30. The Morgan fingerprint density at radius 1 is 1.44 bits per heavy atom. The van der Waals surface area contributed by atoms with E-state index in [0.717, 1.165) is 12.8 Å². The van der Waals surface area contributed by atoms with Gasteiger partial charge in [-0.15, -0.1) is 0 Å². The smallest absolute Gasteiger partial charge is 0.321 e. The Bertz CT molecular complexity index is 413. The van der Waals surface area contributed by atoms with Gasteiger partial charge >= 0.3 is 5.97 Å². The molecule has 1 aromatic heterocycles. The summed E-state index contributed by atoms with van der Waals surface area (Å²) in [5.74, 6) is 0.735. The topological polar surface area (TPSA) is 65.2 Å². The SMILES string of the molecule is COC(=O)C1(c2nc(C(C)(C)C)no2)CC1. The fourth-order valence-corrected chi connectivity index (χ4v) is 1.55. The summed E-state index contributed by atoms with van der Waals surface area (Å²) in [5, 5.41) is 3.92. The third-order valence-electron chi connectivity index (χ3n) is 2.83. The molecule has 0 saturated heterocycles. The lowest BCUT2D eigenvalue weighted by molar-refractivity contribution is -0.144. The van der Waals surface area contributed by atoms with E-state index in [1.165, 1.54) is 7.11 Å². The van der Waals surface area contributed by atoms with E-state index in [1.54, 1.807) is 0 Å². The number of aromatic nitrogens is 2. The first-order chi connectivity index (χ1) is 7.40. The van der Waals surface area contributed by atoms with Gasteiger partial charge in [-0.1, -0.05) is 25.9 Å². The quantitative estimate of drug-likeness (QED) is 0.713. The van der Waals surface area contributed by atoms with Gasteiger partial charge in [0.1, 0.15) is 5.41 Å². The van der Waals surface area contributed by atoms with Gasteiger partial charge in [0.25, 0.3) is 0 Å². The van der Waals surface area contributed by atoms with E-state index in [0.29, 0.717) is 11.7 Å². The predicted molar refractivity (Wildman–Crippen MR) is 55.9 cm³/mol. The van der Waals surface area contributed by atoms with Crippen LogP contribution in [-0.2, 0) is 20.4 Å². The number of nitrogens with zero attached hydrogens (tertiary/aromatic N) is 2. The van der Waals surface area contributed by atoms with Gasteiger partial charge in [0.15, 0.2) is 5.82 Å². The molecule has 1 aromatic rings. The molecule has 0 aromatic carbocycles. The van der Waals surface area contributed by atoms with E-state index in [2.05, 4.69) is 10.1 Å². The first-order valence-electron chi connectivity index (χ1n) is 5.33. The molecule has 5 nitrogen and oxygen atoms in total. The maximum absolute atomic E-state index is 11.6. The predicted octanol–water partition coefficient (Wildman–Crippen LogP) is 1.57.